The fourth-order valence-electron chi connectivity index (χ4n) is 1.71. The molecule has 0 fully saturated rings. The summed E-state index contributed by atoms with van der Waals surface area (Å²) in [7, 11) is 1.85. The van der Waals surface area contributed by atoms with Crippen molar-refractivity contribution in [2.75, 3.05) is 5.32 Å². The van der Waals surface area contributed by atoms with Gasteiger partial charge < -0.3 is 5.32 Å². The molecule has 0 saturated heterocycles. The van der Waals surface area contributed by atoms with Gasteiger partial charge >= 0.3 is 0 Å². The number of anilines is 1. The minimum absolute atomic E-state index is 0.279. The first kappa shape index (κ1) is 11.6. The first-order valence-corrected chi connectivity index (χ1v) is 5.56. The summed E-state index contributed by atoms with van der Waals surface area (Å²) >= 11 is 0. The van der Waals surface area contributed by atoms with Crippen LogP contribution in [0.4, 0.5) is 10.2 Å². The van der Waals surface area contributed by atoms with Gasteiger partial charge in [-0.1, -0.05) is 0 Å². The zero-order chi connectivity index (χ0) is 12.4. The topological polar surface area (TPSA) is 47.7 Å². The molecule has 2 aromatic rings. The Hall–Kier alpha value is -1.85. The third-order valence-corrected chi connectivity index (χ3v) is 2.61. The third-order valence-electron chi connectivity index (χ3n) is 2.61. The van der Waals surface area contributed by atoms with Crippen molar-refractivity contribution >= 4 is 5.82 Å². The van der Waals surface area contributed by atoms with Crippen LogP contribution in [0, 0.1) is 12.9 Å². The fraction of sp³-hybridized carbons (Fsp3) is 0.455. The second-order valence-corrected chi connectivity index (χ2v) is 3.92. The number of hydrogen-bond acceptors (Lipinski definition) is 3. The number of aromatic nitrogens is 4. The highest BCUT2D eigenvalue weighted by Crippen LogP contribution is 2.12. The van der Waals surface area contributed by atoms with Crippen LogP contribution < -0.4 is 5.32 Å². The van der Waals surface area contributed by atoms with Gasteiger partial charge in [0.1, 0.15) is 5.82 Å². The molecule has 0 saturated carbocycles. The molecular formula is C11H16FN5. The molecule has 0 aliphatic heterocycles. The molecule has 0 unspecified atom stereocenters. The molecule has 92 valence electrons. The summed E-state index contributed by atoms with van der Waals surface area (Å²) in [5, 5.41) is 11.3. The van der Waals surface area contributed by atoms with Crippen molar-refractivity contribution in [1.82, 2.24) is 19.6 Å². The highest BCUT2D eigenvalue weighted by molar-refractivity contribution is 5.37. The van der Waals surface area contributed by atoms with E-state index >= 15 is 0 Å². The van der Waals surface area contributed by atoms with Crippen LogP contribution in [0.15, 0.2) is 12.3 Å². The molecule has 0 aliphatic carbocycles. The molecule has 6 heteroatoms. The third kappa shape index (κ3) is 2.30. The van der Waals surface area contributed by atoms with Gasteiger partial charge in [0, 0.05) is 31.8 Å². The maximum Gasteiger partial charge on any atom is 0.216 e. The summed E-state index contributed by atoms with van der Waals surface area (Å²) in [6, 6.07) is 1.92. The van der Waals surface area contributed by atoms with Crippen LogP contribution in [-0.4, -0.2) is 19.6 Å². The lowest BCUT2D eigenvalue weighted by atomic mass is 10.3. The molecule has 17 heavy (non-hydrogen) atoms. The van der Waals surface area contributed by atoms with E-state index in [4.69, 9.17) is 0 Å². The van der Waals surface area contributed by atoms with Crippen LogP contribution in [-0.2, 0) is 20.1 Å². The molecule has 5 nitrogen and oxygen atoms in total. The molecule has 2 aromatic heterocycles. The summed E-state index contributed by atoms with van der Waals surface area (Å²) in [5.74, 6) is 0.588. The first-order chi connectivity index (χ1) is 8.11. The van der Waals surface area contributed by atoms with Crippen molar-refractivity contribution in [3.05, 3.63) is 29.5 Å². The van der Waals surface area contributed by atoms with Crippen LogP contribution in [0.1, 0.15) is 18.2 Å². The average Bonchev–Trinajstić information content (AvgIpc) is 2.79. The predicted octanol–water partition coefficient (Wildman–Crippen LogP) is 1.70. The molecule has 0 aromatic carbocycles. The van der Waals surface area contributed by atoms with Gasteiger partial charge in [-0.3, -0.25) is 4.68 Å². The maximum absolute atomic E-state index is 13.7. The standard InChI is InChI=1S/C11H16FN5/c1-4-17-11(12)9(7-14-17)6-13-10-5-8(2)15-16(10)3/h5,7,13H,4,6H2,1-3H3. The molecule has 0 amide bonds. The molecule has 0 aliphatic rings. The van der Waals surface area contributed by atoms with Crippen LogP contribution in [0.25, 0.3) is 0 Å². The number of rotatable bonds is 4. The lowest BCUT2D eigenvalue weighted by molar-refractivity contribution is 0.465. The highest BCUT2D eigenvalue weighted by atomic mass is 19.1. The molecule has 0 radical (unpaired) electrons. The Labute approximate surface area is 99.2 Å². The summed E-state index contributed by atoms with van der Waals surface area (Å²) < 4.78 is 16.8. The largest absolute Gasteiger partial charge is 0.366 e. The Morgan fingerprint density at radius 1 is 1.47 bits per heavy atom. The summed E-state index contributed by atoms with van der Waals surface area (Å²) in [4.78, 5) is 0. The van der Waals surface area contributed by atoms with Crippen LogP contribution in [0.5, 0.6) is 0 Å². The fourth-order valence-corrected chi connectivity index (χ4v) is 1.71. The Bertz CT molecular complexity index is 514. The van der Waals surface area contributed by atoms with Gasteiger partial charge in [-0.2, -0.15) is 14.6 Å². The normalized spacial score (nSPS) is 10.8. The smallest absolute Gasteiger partial charge is 0.216 e. The van der Waals surface area contributed by atoms with E-state index in [0.29, 0.717) is 18.7 Å². The van der Waals surface area contributed by atoms with E-state index in [2.05, 4.69) is 15.5 Å². The van der Waals surface area contributed by atoms with Crippen molar-refractivity contribution in [3.8, 4) is 0 Å². The van der Waals surface area contributed by atoms with Crippen LogP contribution >= 0.6 is 0 Å². The van der Waals surface area contributed by atoms with Gasteiger partial charge in [0.05, 0.1) is 11.9 Å². The number of hydrogen-bond donors (Lipinski definition) is 1. The van der Waals surface area contributed by atoms with Gasteiger partial charge in [-0.25, -0.2) is 4.68 Å². The van der Waals surface area contributed by atoms with E-state index in [-0.39, 0.29) is 5.95 Å². The Kier molecular flexibility index (Phi) is 3.12. The van der Waals surface area contributed by atoms with Crippen molar-refractivity contribution in [2.24, 2.45) is 7.05 Å². The number of nitrogens with zero attached hydrogens (tertiary/aromatic N) is 4. The van der Waals surface area contributed by atoms with Crippen molar-refractivity contribution in [2.45, 2.75) is 26.9 Å². The minimum atomic E-state index is -0.279. The van der Waals surface area contributed by atoms with Crippen molar-refractivity contribution in [3.63, 3.8) is 0 Å². The van der Waals surface area contributed by atoms with Crippen LogP contribution in [0.3, 0.4) is 0 Å². The number of aryl methyl sites for hydroxylation is 3. The highest BCUT2D eigenvalue weighted by Gasteiger charge is 2.09. The molecule has 2 rings (SSSR count). The van der Waals surface area contributed by atoms with Gasteiger partial charge in [0.2, 0.25) is 5.95 Å². The molecule has 0 bridgehead atoms. The molecule has 2 heterocycles. The monoisotopic (exact) mass is 237 g/mol. The molecular weight excluding hydrogens is 221 g/mol. The van der Waals surface area contributed by atoms with Crippen molar-refractivity contribution in [1.29, 1.82) is 0 Å². The molecule has 1 N–H and O–H groups in total. The molecule has 0 atom stereocenters. The van der Waals surface area contributed by atoms with Gasteiger partial charge in [-0.15, -0.1) is 0 Å². The van der Waals surface area contributed by atoms with Gasteiger partial charge in [0.15, 0.2) is 0 Å². The quantitative estimate of drug-likeness (QED) is 0.880. The Morgan fingerprint density at radius 3 is 2.76 bits per heavy atom. The Balaban J connectivity index is 2.07. The maximum atomic E-state index is 13.7. The van der Waals surface area contributed by atoms with Crippen molar-refractivity contribution < 1.29 is 4.39 Å². The number of halogens is 1. The van der Waals surface area contributed by atoms with E-state index in [9.17, 15) is 4.39 Å². The van der Waals surface area contributed by atoms with E-state index in [1.807, 2.05) is 27.0 Å². The predicted molar refractivity (Wildman–Crippen MR) is 63.1 cm³/mol. The summed E-state index contributed by atoms with van der Waals surface area (Å²) in [6.45, 7) is 4.72. The van der Waals surface area contributed by atoms with E-state index < -0.39 is 0 Å². The van der Waals surface area contributed by atoms with Gasteiger partial charge in [0.25, 0.3) is 0 Å². The SMILES string of the molecule is CCn1ncc(CNc2cc(C)nn2C)c1F. The zero-order valence-corrected chi connectivity index (χ0v) is 10.2. The zero-order valence-electron chi connectivity index (χ0n) is 10.2. The lowest BCUT2D eigenvalue weighted by Crippen LogP contribution is -2.06. The minimum Gasteiger partial charge on any atom is -0.366 e. The van der Waals surface area contributed by atoms with Crippen LogP contribution in [0.2, 0.25) is 0 Å². The van der Waals surface area contributed by atoms with E-state index in [1.165, 1.54) is 4.68 Å². The Morgan fingerprint density at radius 2 is 2.24 bits per heavy atom. The second kappa shape index (κ2) is 4.57. The van der Waals surface area contributed by atoms with E-state index in [0.717, 1.165) is 11.5 Å². The van der Waals surface area contributed by atoms with Gasteiger partial charge in [-0.05, 0) is 13.8 Å². The molecule has 0 spiro atoms. The van der Waals surface area contributed by atoms with E-state index in [1.54, 1.807) is 10.9 Å². The summed E-state index contributed by atoms with van der Waals surface area (Å²) in [5.41, 5.74) is 1.49. The second-order valence-electron chi connectivity index (χ2n) is 3.92. The lowest BCUT2D eigenvalue weighted by Gasteiger charge is -2.04. The summed E-state index contributed by atoms with van der Waals surface area (Å²) in [6.07, 6.45) is 1.55. The average molecular weight is 237 g/mol. The number of nitrogens with one attached hydrogen (secondary N) is 1. The first-order valence-electron chi connectivity index (χ1n) is 5.56.